The Hall–Kier alpha value is -3.98. The van der Waals surface area contributed by atoms with Crippen molar-refractivity contribution < 1.29 is 37.7 Å². The highest BCUT2D eigenvalue weighted by molar-refractivity contribution is 7.52. The highest BCUT2D eigenvalue weighted by Crippen LogP contribution is 2.46. The molecule has 4 rings (SSSR count). The van der Waals surface area contributed by atoms with Gasteiger partial charge in [-0.1, -0.05) is 23.3 Å². The molecule has 0 bridgehead atoms. The Labute approximate surface area is 240 Å². The molecule has 4 N–H and O–H groups in total. The second-order valence-electron chi connectivity index (χ2n) is 9.43. The van der Waals surface area contributed by atoms with Gasteiger partial charge in [0.2, 0.25) is 11.8 Å². The monoisotopic (exact) mass is 605 g/mol. The van der Waals surface area contributed by atoms with Crippen LogP contribution in [0.4, 0.5) is 5.95 Å². The fraction of sp³-hybridized carbons (Fsp3) is 0.500. The van der Waals surface area contributed by atoms with Gasteiger partial charge >= 0.3 is 13.7 Å². The van der Waals surface area contributed by atoms with Gasteiger partial charge in [-0.25, -0.2) is 9.55 Å². The van der Waals surface area contributed by atoms with Gasteiger partial charge in [0.15, 0.2) is 11.2 Å². The summed E-state index contributed by atoms with van der Waals surface area (Å²) in [7, 11) is -4.27. The Morgan fingerprint density at radius 1 is 1.31 bits per heavy atom. The Morgan fingerprint density at radius 2 is 2.05 bits per heavy atom. The zero-order valence-corrected chi connectivity index (χ0v) is 24.2. The van der Waals surface area contributed by atoms with Gasteiger partial charge in [-0.3, -0.25) is 13.9 Å². The van der Waals surface area contributed by atoms with E-state index in [1.165, 1.54) is 17.8 Å². The predicted molar refractivity (Wildman–Crippen MR) is 148 cm³/mol. The molecule has 0 amide bonds. The molecule has 0 radical (unpaired) electrons. The molecule has 0 saturated carbocycles. The number of benzene rings is 1. The van der Waals surface area contributed by atoms with Crippen molar-refractivity contribution in [3.63, 3.8) is 0 Å². The molecule has 42 heavy (non-hydrogen) atoms. The number of nitrogen functional groups attached to an aromatic ring is 1. The average molecular weight is 606 g/mol. The number of nitrogens with one attached hydrogen (secondary N) is 1. The molecule has 3 heterocycles. The van der Waals surface area contributed by atoms with Gasteiger partial charge in [0.25, 0.3) is 0 Å². The summed E-state index contributed by atoms with van der Waals surface area (Å²) in [5.74, 6) is -0.428. The number of nitrogens with zero attached hydrogens (tertiary/aromatic N) is 7. The van der Waals surface area contributed by atoms with E-state index in [1.807, 2.05) is 0 Å². The molecule has 17 nitrogen and oxygen atoms in total. The van der Waals surface area contributed by atoms with Crippen LogP contribution in [-0.4, -0.2) is 74.2 Å². The van der Waals surface area contributed by atoms with Gasteiger partial charge < -0.3 is 29.6 Å². The van der Waals surface area contributed by atoms with Crippen LogP contribution in [0.1, 0.15) is 33.9 Å². The van der Waals surface area contributed by atoms with Crippen molar-refractivity contribution in [1.82, 2.24) is 24.6 Å². The van der Waals surface area contributed by atoms with Crippen molar-refractivity contribution in [3.8, 4) is 11.6 Å². The molecule has 1 saturated heterocycles. The van der Waals surface area contributed by atoms with Gasteiger partial charge in [-0.15, -0.1) is 0 Å². The van der Waals surface area contributed by atoms with Crippen molar-refractivity contribution in [2.75, 3.05) is 18.9 Å². The first kappa shape index (κ1) is 31.0. The van der Waals surface area contributed by atoms with Crippen LogP contribution >= 0.6 is 7.75 Å². The van der Waals surface area contributed by atoms with Crippen LogP contribution in [0.5, 0.6) is 11.6 Å². The van der Waals surface area contributed by atoms with Crippen molar-refractivity contribution in [3.05, 3.63) is 47.1 Å². The molecule has 0 aliphatic carbocycles. The summed E-state index contributed by atoms with van der Waals surface area (Å²) < 4.78 is 43.3. The molecule has 2 aromatic heterocycles. The Balaban J connectivity index is 1.58. The molecular formula is C24H32N9O8P. The number of aromatic nitrogens is 4. The third-order valence-electron chi connectivity index (χ3n) is 5.92. The topological polar surface area (TPSA) is 231 Å². The summed E-state index contributed by atoms with van der Waals surface area (Å²) in [6, 6.07) is 5.92. The highest BCUT2D eigenvalue weighted by atomic mass is 31.2. The van der Waals surface area contributed by atoms with Gasteiger partial charge in [0.05, 0.1) is 31.7 Å². The molecule has 1 unspecified atom stereocenters. The summed E-state index contributed by atoms with van der Waals surface area (Å²) in [4.78, 5) is 27.8. The first-order chi connectivity index (χ1) is 20.0. The number of fused-ring (bicyclic) bond motifs is 1. The zero-order chi connectivity index (χ0) is 30.4. The number of esters is 1. The molecule has 1 aliphatic rings. The lowest BCUT2D eigenvalue weighted by atomic mass is 10.1. The number of para-hydroxylation sites is 1. The molecule has 1 aromatic carbocycles. The number of hydrogen-bond acceptors (Lipinski definition) is 13. The number of imidazole rings is 1. The number of carbonyl (C=O) groups is 1. The standard InChI is InChI=1S/C24H32N9O8P/c1-5-37-21-18-20(28-24(25)29-21)33(12-27-18)22-17(30-32-26)19(34)16(40-22)11-38-42(36,41-15-9-7-6-8-10-15)31-14(4)23(35)39-13(2)3/h6-10,12-14,16-17,19,22,34H,5,11H2,1-4H3,(H,31,36)(H2,25,28,29)/t14-,16+,17+,19+,22+,42?/m0/s1. The predicted octanol–water partition coefficient (Wildman–Crippen LogP) is 2.88. The van der Waals surface area contributed by atoms with E-state index in [0.29, 0.717) is 6.61 Å². The molecule has 1 fully saturated rings. The van der Waals surface area contributed by atoms with E-state index >= 15 is 0 Å². The van der Waals surface area contributed by atoms with E-state index in [1.54, 1.807) is 51.1 Å². The SMILES string of the molecule is CCOc1nc(N)nc2c1ncn2[C@@H]1O[C@H](COP(=O)(N[C@@H](C)C(=O)OC(C)C)Oc2ccccc2)[C@@H](O)[C@H]1N=[N+]=[N-]. The maximum Gasteiger partial charge on any atom is 0.459 e. The first-order valence-electron chi connectivity index (χ1n) is 13.0. The number of ether oxygens (including phenoxy) is 3. The Bertz CT molecular complexity index is 1480. The number of aliphatic hydroxyl groups excluding tert-OH is 1. The van der Waals surface area contributed by atoms with Crippen LogP contribution in [0.25, 0.3) is 21.6 Å². The molecule has 18 heteroatoms. The molecule has 226 valence electrons. The molecular weight excluding hydrogens is 573 g/mol. The van der Waals surface area contributed by atoms with E-state index in [4.69, 9.17) is 29.0 Å². The van der Waals surface area contributed by atoms with Crippen LogP contribution in [0, 0.1) is 0 Å². The maximum absolute atomic E-state index is 13.8. The van der Waals surface area contributed by atoms with Crippen molar-refractivity contribution in [1.29, 1.82) is 0 Å². The highest BCUT2D eigenvalue weighted by Gasteiger charge is 2.46. The van der Waals surface area contributed by atoms with Crippen LogP contribution < -0.4 is 20.1 Å². The number of azide groups is 1. The number of carbonyl (C=O) groups excluding carboxylic acids is 1. The number of nitrogens with two attached hydrogens (primary N) is 1. The second kappa shape index (κ2) is 13.3. The molecule has 0 spiro atoms. The van der Waals surface area contributed by atoms with Crippen LogP contribution in [0.3, 0.4) is 0 Å². The molecule has 3 aromatic rings. The number of hydrogen-bond donors (Lipinski definition) is 3. The van der Waals surface area contributed by atoms with E-state index in [9.17, 15) is 20.0 Å². The van der Waals surface area contributed by atoms with Crippen LogP contribution in [0.2, 0.25) is 0 Å². The van der Waals surface area contributed by atoms with Crippen molar-refractivity contribution in [2.45, 2.75) is 64.3 Å². The summed E-state index contributed by atoms with van der Waals surface area (Å²) in [5.41, 5.74) is 15.5. The van der Waals surface area contributed by atoms with E-state index in [2.05, 4.69) is 30.1 Å². The first-order valence-corrected chi connectivity index (χ1v) is 14.6. The Kier molecular flexibility index (Phi) is 9.83. The lowest BCUT2D eigenvalue weighted by Gasteiger charge is -2.25. The Morgan fingerprint density at radius 3 is 2.71 bits per heavy atom. The molecule has 1 aliphatic heterocycles. The number of aliphatic hydroxyl groups is 1. The minimum absolute atomic E-state index is 0.0957. The van der Waals surface area contributed by atoms with Gasteiger partial charge in [-0.05, 0) is 45.4 Å². The van der Waals surface area contributed by atoms with Crippen LogP contribution in [-0.2, 0) is 23.4 Å². The third kappa shape index (κ3) is 7.07. The summed E-state index contributed by atoms with van der Waals surface area (Å²) >= 11 is 0. The fourth-order valence-corrected chi connectivity index (χ4v) is 5.62. The maximum atomic E-state index is 13.8. The van der Waals surface area contributed by atoms with Crippen molar-refractivity contribution >= 4 is 30.8 Å². The minimum atomic E-state index is -4.27. The number of anilines is 1. The summed E-state index contributed by atoms with van der Waals surface area (Å²) in [5, 5.41) is 17.3. The van der Waals surface area contributed by atoms with Gasteiger partial charge in [0, 0.05) is 4.91 Å². The van der Waals surface area contributed by atoms with Gasteiger partial charge in [0.1, 0.15) is 30.2 Å². The van der Waals surface area contributed by atoms with Gasteiger partial charge in [-0.2, -0.15) is 15.1 Å². The second-order valence-corrected chi connectivity index (χ2v) is 11.1. The van der Waals surface area contributed by atoms with E-state index in [0.717, 1.165) is 0 Å². The average Bonchev–Trinajstić information content (AvgIpc) is 3.48. The van der Waals surface area contributed by atoms with E-state index < -0.39 is 56.9 Å². The smallest absolute Gasteiger partial charge is 0.459 e. The fourth-order valence-electron chi connectivity index (χ4n) is 4.12. The summed E-state index contributed by atoms with van der Waals surface area (Å²) in [6.07, 6.45) is -2.74. The zero-order valence-electron chi connectivity index (χ0n) is 23.3. The normalized spacial score (nSPS) is 22.3. The third-order valence-corrected chi connectivity index (χ3v) is 7.56. The quantitative estimate of drug-likeness (QED) is 0.0837. The lowest BCUT2D eigenvalue weighted by molar-refractivity contribution is -0.149. The minimum Gasteiger partial charge on any atom is -0.476 e. The largest absolute Gasteiger partial charge is 0.476 e. The number of rotatable bonds is 13. The van der Waals surface area contributed by atoms with E-state index in [-0.39, 0.29) is 28.7 Å². The van der Waals surface area contributed by atoms with Crippen molar-refractivity contribution in [2.24, 2.45) is 5.11 Å². The lowest BCUT2D eigenvalue weighted by Crippen LogP contribution is -2.37. The summed E-state index contributed by atoms with van der Waals surface area (Å²) in [6.45, 7) is 6.37. The molecule has 6 atom stereocenters. The van der Waals surface area contributed by atoms with Crippen LogP contribution in [0.15, 0.2) is 41.8 Å².